The molecule has 0 bridgehead atoms. The van der Waals surface area contributed by atoms with E-state index in [0.29, 0.717) is 6.61 Å². The van der Waals surface area contributed by atoms with Crippen LogP contribution in [0, 0.1) is 0 Å². The summed E-state index contributed by atoms with van der Waals surface area (Å²) >= 11 is 0. The van der Waals surface area contributed by atoms with Crippen molar-refractivity contribution in [1.82, 2.24) is 10.2 Å². The summed E-state index contributed by atoms with van der Waals surface area (Å²) in [6, 6.07) is -0.170. The van der Waals surface area contributed by atoms with E-state index in [1.807, 2.05) is 13.8 Å². The van der Waals surface area contributed by atoms with Crippen LogP contribution in [0.3, 0.4) is 0 Å². The molecule has 0 saturated carbocycles. The summed E-state index contributed by atoms with van der Waals surface area (Å²) in [4.78, 5) is 13.9. The van der Waals surface area contributed by atoms with E-state index in [1.165, 1.54) is 0 Å². The monoisotopic (exact) mass is 244 g/mol. The molecule has 1 fully saturated rings. The Balaban J connectivity index is 2.16. The standard InChI is InChI=1S/C12H24N2O3/c1-3-11(12(15)17-4-2)13-5-6-14-7-9-16-10-8-14/h11,13H,3-10H2,1-2H3. The normalized spacial score (nSPS) is 18.9. The molecule has 1 aliphatic heterocycles. The fourth-order valence-electron chi connectivity index (χ4n) is 1.86. The second-order valence-corrected chi connectivity index (χ2v) is 4.12. The van der Waals surface area contributed by atoms with Crippen molar-refractivity contribution in [2.75, 3.05) is 46.0 Å². The quantitative estimate of drug-likeness (QED) is 0.651. The van der Waals surface area contributed by atoms with E-state index < -0.39 is 0 Å². The molecule has 5 heteroatoms. The van der Waals surface area contributed by atoms with E-state index >= 15 is 0 Å². The summed E-state index contributed by atoms with van der Waals surface area (Å²) in [5.41, 5.74) is 0. The molecule has 0 aliphatic carbocycles. The Bertz CT molecular complexity index is 218. The van der Waals surface area contributed by atoms with Gasteiger partial charge >= 0.3 is 5.97 Å². The highest BCUT2D eigenvalue weighted by Crippen LogP contribution is 1.97. The average molecular weight is 244 g/mol. The molecule has 1 aliphatic rings. The van der Waals surface area contributed by atoms with Crippen molar-refractivity contribution in [3.63, 3.8) is 0 Å². The van der Waals surface area contributed by atoms with E-state index in [-0.39, 0.29) is 12.0 Å². The lowest BCUT2D eigenvalue weighted by molar-refractivity contribution is -0.145. The molecule has 1 N–H and O–H groups in total. The van der Waals surface area contributed by atoms with Gasteiger partial charge in [-0.1, -0.05) is 6.92 Å². The topological polar surface area (TPSA) is 50.8 Å². The van der Waals surface area contributed by atoms with Crippen molar-refractivity contribution >= 4 is 5.97 Å². The van der Waals surface area contributed by atoms with Gasteiger partial charge in [0.2, 0.25) is 0 Å². The molecule has 1 heterocycles. The maximum atomic E-state index is 11.5. The van der Waals surface area contributed by atoms with Crippen LogP contribution in [0.15, 0.2) is 0 Å². The van der Waals surface area contributed by atoms with Crippen LogP contribution in [-0.2, 0) is 14.3 Å². The van der Waals surface area contributed by atoms with Gasteiger partial charge in [-0.15, -0.1) is 0 Å². The number of carbonyl (C=O) groups is 1. The van der Waals surface area contributed by atoms with Gasteiger partial charge in [-0.3, -0.25) is 9.69 Å². The van der Waals surface area contributed by atoms with Crippen molar-refractivity contribution in [3.05, 3.63) is 0 Å². The number of rotatable bonds is 7. The Morgan fingerprint density at radius 3 is 2.71 bits per heavy atom. The number of hydrogen-bond acceptors (Lipinski definition) is 5. The van der Waals surface area contributed by atoms with Crippen LogP contribution in [0.2, 0.25) is 0 Å². The molecule has 100 valence electrons. The smallest absolute Gasteiger partial charge is 0.323 e. The Hall–Kier alpha value is -0.650. The van der Waals surface area contributed by atoms with Gasteiger partial charge in [-0.05, 0) is 13.3 Å². The van der Waals surface area contributed by atoms with Crippen LogP contribution in [0.4, 0.5) is 0 Å². The molecule has 0 spiro atoms. The number of nitrogens with zero attached hydrogens (tertiary/aromatic N) is 1. The highest BCUT2D eigenvalue weighted by Gasteiger charge is 2.17. The molecule has 17 heavy (non-hydrogen) atoms. The van der Waals surface area contributed by atoms with Crippen molar-refractivity contribution < 1.29 is 14.3 Å². The summed E-state index contributed by atoms with van der Waals surface area (Å²) in [7, 11) is 0. The Morgan fingerprint density at radius 2 is 2.12 bits per heavy atom. The summed E-state index contributed by atoms with van der Waals surface area (Å²) in [6.07, 6.45) is 0.766. The summed E-state index contributed by atoms with van der Waals surface area (Å²) in [5, 5.41) is 3.24. The van der Waals surface area contributed by atoms with Gasteiger partial charge in [-0.25, -0.2) is 0 Å². The third-order valence-electron chi connectivity index (χ3n) is 2.90. The SMILES string of the molecule is CCOC(=O)C(CC)NCCN1CCOCC1. The highest BCUT2D eigenvalue weighted by molar-refractivity contribution is 5.75. The number of morpholine rings is 1. The molecule has 5 nitrogen and oxygen atoms in total. The lowest BCUT2D eigenvalue weighted by atomic mass is 10.2. The number of nitrogens with one attached hydrogen (secondary N) is 1. The first-order valence-electron chi connectivity index (χ1n) is 6.48. The third kappa shape index (κ3) is 5.48. The van der Waals surface area contributed by atoms with Crippen molar-refractivity contribution in [1.29, 1.82) is 0 Å². The number of carbonyl (C=O) groups excluding carboxylic acids is 1. The summed E-state index contributed by atoms with van der Waals surface area (Å²) in [6.45, 7) is 9.64. The molecule has 1 atom stereocenters. The van der Waals surface area contributed by atoms with Gasteiger partial charge in [0.05, 0.1) is 19.8 Å². The fourth-order valence-corrected chi connectivity index (χ4v) is 1.86. The molecule has 0 radical (unpaired) electrons. The molecule has 0 aromatic carbocycles. The molecule has 0 aromatic rings. The van der Waals surface area contributed by atoms with Crippen LogP contribution in [0.1, 0.15) is 20.3 Å². The first kappa shape index (κ1) is 14.4. The van der Waals surface area contributed by atoms with Crippen molar-refractivity contribution in [2.24, 2.45) is 0 Å². The summed E-state index contributed by atoms with van der Waals surface area (Å²) in [5.74, 6) is -0.142. The first-order valence-corrected chi connectivity index (χ1v) is 6.48. The van der Waals surface area contributed by atoms with Crippen LogP contribution in [-0.4, -0.2) is 62.9 Å². The Labute approximate surface area is 103 Å². The molecule has 1 saturated heterocycles. The molecule has 0 aromatic heterocycles. The Morgan fingerprint density at radius 1 is 1.41 bits per heavy atom. The highest BCUT2D eigenvalue weighted by atomic mass is 16.5. The van der Waals surface area contributed by atoms with Crippen LogP contribution in [0.5, 0.6) is 0 Å². The van der Waals surface area contributed by atoms with Crippen molar-refractivity contribution in [3.8, 4) is 0 Å². The fraction of sp³-hybridized carbons (Fsp3) is 0.917. The maximum Gasteiger partial charge on any atom is 0.323 e. The second-order valence-electron chi connectivity index (χ2n) is 4.12. The zero-order chi connectivity index (χ0) is 12.5. The zero-order valence-corrected chi connectivity index (χ0v) is 10.9. The van der Waals surface area contributed by atoms with Gasteiger partial charge in [0.25, 0.3) is 0 Å². The van der Waals surface area contributed by atoms with E-state index in [2.05, 4.69) is 10.2 Å². The zero-order valence-electron chi connectivity index (χ0n) is 10.9. The van der Waals surface area contributed by atoms with E-state index in [9.17, 15) is 4.79 Å². The van der Waals surface area contributed by atoms with Gasteiger partial charge in [0.15, 0.2) is 0 Å². The summed E-state index contributed by atoms with van der Waals surface area (Å²) < 4.78 is 10.3. The molecule has 1 rings (SSSR count). The minimum Gasteiger partial charge on any atom is -0.465 e. The predicted molar refractivity (Wildman–Crippen MR) is 66.0 cm³/mol. The first-order chi connectivity index (χ1) is 8.27. The molecule has 1 unspecified atom stereocenters. The van der Waals surface area contributed by atoms with Crippen molar-refractivity contribution in [2.45, 2.75) is 26.3 Å². The van der Waals surface area contributed by atoms with Gasteiger partial charge in [-0.2, -0.15) is 0 Å². The largest absolute Gasteiger partial charge is 0.465 e. The minimum absolute atomic E-state index is 0.142. The molecular formula is C12H24N2O3. The van der Waals surface area contributed by atoms with Crippen LogP contribution < -0.4 is 5.32 Å². The molecule has 0 amide bonds. The lowest BCUT2D eigenvalue weighted by Crippen LogP contribution is -2.44. The number of hydrogen-bond donors (Lipinski definition) is 1. The second kappa shape index (κ2) is 8.44. The average Bonchev–Trinajstić information content (AvgIpc) is 2.36. The Kier molecular flexibility index (Phi) is 7.16. The minimum atomic E-state index is -0.170. The van der Waals surface area contributed by atoms with E-state index in [4.69, 9.17) is 9.47 Å². The van der Waals surface area contributed by atoms with Gasteiger partial charge < -0.3 is 14.8 Å². The van der Waals surface area contributed by atoms with Crippen LogP contribution in [0.25, 0.3) is 0 Å². The number of ether oxygens (including phenoxy) is 2. The third-order valence-corrected chi connectivity index (χ3v) is 2.90. The van der Waals surface area contributed by atoms with Gasteiger partial charge in [0, 0.05) is 26.2 Å². The molecular weight excluding hydrogens is 220 g/mol. The van der Waals surface area contributed by atoms with Gasteiger partial charge in [0.1, 0.15) is 6.04 Å². The predicted octanol–water partition coefficient (Wildman–Crippen LogP) is 0.250. The maximum absolute atomic E-state index is 11.5. The number of esters is 1. The van der Waals surface area contributed by atoms with Crippen LogP contribution >= 0.6 is 0 Å². The van der Waals surface area contributed by atoms with E-state index in [1.54, 1.807) is 0 Å². The van der Waals surface area contributed by atoms with E-state index in [0.717, 1.165) is 45.8 Å². The lowest BCUT2D eigenvalue weighted by Gasteiger charge is -2.27.